The standard InChI is InChI=1S/C11H18N4O4/c1-6-11(15-19-14-6)18-3-2-13-10(17)7-4-8(12)9(16)5-7/h7-9,16H,2-5,12H2,1H3,(H,13,17)/t7-,8+,9+/m0/s1. The Morgan fingerprint density at radius 1 is 1.58 bits per heavy atom. The van der Waals surface area contributed by atoms with Crippen molar-refractivity contribution in [3.63, 3.8) is 0 Å². The second kappa shape index (κ2) is 5.98. The van der Waals surface area contributed by atoms with Gasteiger partial charge in [-0.05, 0) is 24.9 Å². The number of carbonyl (C=O) groups excluding carboxylic acids is 1. The summed E-state index contributed by atoms with van der Waals surface area (Å²) in [4.78, 5) is 11.8. The molecule has 8 nitrogen and oxygen atoms in total. The molecule has 1 aromatic rings. The quantitative estimate of drug-likeness (QED) is 0.584. The fraction of sp³-hybridized carbons (Fsp3) is 0.727. The number of rotatable bonds is 5. The monoisotopic (exact) mass is 270 g/mol. The van der Waals surface area contributed by atoms with Crippen LogP contribution in [0.1, 0.15) is 18.5 Å². The summed E-state index contributed by atoms with van der Waals surface area (Å²) in [5.74, 6) is -0.00128. The third-order valence-electron chi connectivity index (χ3n) is 3.20. The summed E-state index contributed by atoms with van der Waals surface area (Å²) in [6.07, 6.45) is 0.344. The SMILES string of the molecule is Cc1nonc1OCCNC(=O)[C@H]1C[C@@H](N)[C@H](O)C1. The van der Waals surface area contributed by atoms with Crippen molar-refractivity contribution in [2.75, 3.05) is 13.2 Å². The molecule has 1 saturated carbocycles. The second-order valence-electron chi connectivity index (χ2n) is 4.69. The van der Waals surface area contributed by atoms with E-state index >= 15 is 0 Å². The van der Waals surface area contributed by atoms with Crippen molar-refractivity contribution in [1.29, 1.82) is 0 Å². The lowest BCUT2D eigenvalue weighted by Crippen LogP contribution is -2.33. The number of aromatic nitrogens is 2. The molecule has 19 heavy (non-hydrogen) atoms. The molecule has 0 aliphatic heterocycles. The Morgan fingerprint density at radius 3 is 2.95 bits per heavy atom. The van der Waals surface area contributed by atoms with Crippen molar-refractivity contribution < 1.29 is 19.3 Å². The molecular weight excluding hydrogens is 252 g/mol. The van der Waals surface area contributed by atoms with E-state index in [0.29, 0.717) is 31.0 Å². The number of carbonyl (C=O) groups is 1. The van der Waals surface area contributed by atoms with Gasteiger partial charge in [0, 0.05) is 12.0 Å². The van der Waals surface area contributed by atoms with Crippen molar-refractivity contribution in [2.45, 2.75) is 31.9 Å². The summed E-state index contributed by atoms with van der Waals surface area (Å²) in [6.45, 7) is 2.35. The molecule has 4 N–H and O–H groups in total. The molecule has 0 radical (unpaired) electrons. The van der Waals surface area contributed by atoms with Gasteiger partial charge in [-0.3, -0.25) is 4.79 Å². The Morgan fingerprint density at radius 2 is 2.37 bits per heavy atom. The Hall–Kier alpha value is -1.67. The summed E-state index contributed by atoms with van der Waals surface area (Å²) in [5.41, 5.74) is 6.23. The van der Waals surface area contributed by atoms with E-state index in [2.05, 4.69) is 20.3 Å². The Balaban J connectivity index is 1.66. The molecule has 2 rings (SSSR count). The molecule has 8 heteroatoms. The van der Waals surface area contributed by atoms with Crippen molar-refractivity contribution >= 4 is 5.91 Å². The lowest BCUT2D eigenvalue weighted by Gasteiger charge is -2.10. The van der Waals surface area contributed by atoms with Crippen LogP contribution in [-0.2, 0) is 4.79 Å². The Kier molecular flexibility index (Phi) is 4.33. The molecule has 106 valence electrons. The minimum atomic E-state index is -0.587. The molecule has 0 aromatic carbocycles. The maximum atomic E-state index is 11.8. The van der Waals surface area contributed by atoms with Crippen LogP contribution in [0, 0.1) is 12.8 Å². The first-order chi connectivity index (χ1) is 9.08. The Bertz CT molecular complexity index is 426. The topological polar surface area (TPSA) is 124 Å². The maximum Gasteiger partial charge on any atom is 0.278 e. The van der Waals surface area contributed by atoms with Crippen LogP contribution in [0.3, 0.4) is 0 Å². The second-order valence-corrected chi connectivity index (χ2v) is 4.69. The number of ether oxygens (including phenoxy) is 1. The average Bonchev–Trinajstić information content (AvgIpc) is 2.92. The fourth-order valence-electron chi connectivity index (χ4n) is 2.08. The van der Waals surface area contributed by atoms with Crippen LogP contribution < -0.4 is 15.8 Å². The molecule has 3 atom stereocenters. The first-order valence-electron chi connectivity index (χ1n) is 6.21. The van der Waals surface area contributed by atoms with Gasteiger partial charge in [-0.1, -0.05) is 5.16 Å². The van der Waals surface area contributed by atoms with Crippen molar-refractivity contribution in [3.8, 4) is 5.88 Å². The van der Waals surface area contributed by atoms with Crippen molar-refractivity contribution in [1.82, 2.24) is 15.6 Å². The number of nitrogens with two attached hydrogens (primary N) is 1. The van der Waals surface area contributed by atoms with Crippen LogP contribution in [0.5, 0.6) is 5.88 Å². The molecule has 0 bridgehead atoms. The molecular formula is C11H18N4O4. The number of amides is 1. The van der Waals surface area contributed by atoms with Crippen LogP contribution in [-0.4, -0.2) is 46.6 Å². The van der Waals surface area contributed by atoms with Gasteiger partial charge in [0.25, 0.3) is 5.88 Å². The van der Waals surface area contributed by atoms with Crippen LogP contribution >= 0.6 is 0 Å². The third-order valence-corrected chi connectivity index (χ3v) is 3.20. The van der Waals surface area contributed by atoms with Crippen LogP contribution in [0.2, 0.25) is 0 Å². The number of hydrogen-bond donors (Lipinski definition) is 3. The first kappa shape index (κ1) is 13.8. The number of aliphatic hydroxyl groups excluding tert-OH is 1. The summed E-state index contributed by atoms with van der Waals surface area (Å²) in [5, 5.41) is 19.4. The number of nitrogens with zero attached hydrogens (tertiary/aromatic N) is 2. The summed E-state index contributed by atoms with van der Waals surface area (Å²) in [6, 6.07) is -0.309. The van der Waals surface area contributed by atoms with Gasteiger partial charge in [-0.25, -0.2) is 4.63 Å². The zero-order valence-electron chi connectivity index (χ0n) is 10.7. The van der Waals surface area contributed by atoms with Gasteiger partial charge in [0.2, 0.25) is 5.91 Å². The smallest absolute Gasteiger partial charge is 0.278 e. The van der Waals surface area contributed by atoms with E-state index in [-0.39, 0.29) is 24.5 Å². The van der Waals surface area contributed by atoms with E-state index < -0.39 is 6.10 Å². The molecule has 0 unspecified atom stereocenters. The normalized spacial score (nSPS) is 26.4. The number of aliphatic hydroxyl groups is 1. The molecule has 1 aromatic heterocycles. The highest BCUT2D eigenvalue weighted by atomic mass is 16.6. The lowest BCUT2D eigenvalue weighted by atomic mass is 10.1. The molecule has 1 aliphatic rings. The third kappa shape index (κ3) is 3.42. The van der Waals surface area contributed by atoms with E-state index in [1.54, 1.807) is 6.92 Å². The highest BCUT2D eigenvalue weighted by Crippen LogP contribution is 2.24. The van der Waals surface area contributed by atoms with E-state index in [1.165, 1.54) is 0 Å². The van der Waals surface area contributed by atoms with Gasteiger partial charge < -0.3 is 20.9 Å². The van der Waals surface area contributed by atoms with Gasteiger partial charge in [0.1, 0.15) is 12.3 Å². The number of aryl methyl sites for hydroxylation is 1. The Labute approximate surface area is 110 Å². The van der Waals surface area contributed by atoms with E-state index in [9.17, 15) is 9.90 Å². The van der Waals surface area contributed by atoms with Gasteiger partial charge in [0.15, 0.2) is 0 Å². The maximum absolute atomic E-state index is 11.8. The van der Waals surface area contributed by atoms with Crippen LogP contribution in [0.15, 0.2) is 4.63 Å². The number of hydrogen-bond acceptors (Lipinski definition) is 7. The van der Waals surface area contributed by atoms with Gasteiger partial charge in [0.05, 0.1) is 12.6 Å². The number of nitrogens with one attached hydrogen (secondary N) is 1. The van der Waals surface area contributed by atoms with Gasteiger partial charge >= 0.3 is 0 Å². The fourth-order valence-corrected chi connectivity index (χ4v) is 2.08. The summed E-state index contributed by atoms with van der Waals surface area (Å²) < 4.78 is 9.75. The average molecular weight is 270 g/mol. The zero-order valence-corrected chi connectivity index (χ0v) is 10.7. The van der Waals surface area contributed by atoms with Crippen LogP contribution in [0.4, 0.5) is 0 Å². The molecule has 1 fully saturated rings. The van der Waals surface area contributed by atoms with Crippen molar-refractivity contribution in [2.24, 2.45) is 11.7 Å². The summed E-state index contributed by atoms with van der Waals surface area (Å²) in [7, 11) is 0. The highest BCUT2D eigenvalue weighted by molar-refractivity contribution is 5.79. The molecule has 1 amide bonds. The molecule has 0 saturated heterocycles. The predicted molar refractivity (Wildman–Crippen MR) is 64.2 cm³/mol. The van der Waals surface area contributed by atoms with E-state index in [0.717, 1.165) is 0 Å². The zero-order chi connectivity index (χ0) is 13.8. The molecule has 0 spiro atoms. The van der Waals surface area contributed by atoms with E-state index in [1.807, 2.05) is 0 Å². The predicted octanol–water partition coefficient (Wildman–Crippen LogP) is -1.03. The highest BCUT2D eigenvalue weighted by Gasteiger charge is 2.34. The van der Waals surface area contributed by atoms with E-state index in [4.69, 9.17) is 10.5 Å². The van der Waals surface area contributed by atoms with Crippen molar-refractivity contribution in [3.05, 3.63) is 5.69 Å². The minimum Gasteiger partial charge on any atom is -0.472 e. The molecule has 1 aliphatic carbocycles. The van der Waals surface area contributed by atoms with Gasteiger partial charge in [-0.15, -0.1) is 0 Å². The first-order valence-corrected chi connectivity index (χ1v) is 6.21. The minimum absolute atomic E-state index is 0.106. The largest absolute Gasteiger partial charge is 0.472 e. The lowest BCUT2D eigenvalue weighted by molar-refractivity contribution is -0.125. The van der Waals surface area contributed by atoms with Crippen LogP contribution in [0.25, 0.3) is 0 Å². The van der Waals surface area contributed by atoms with Gasteiger partial charge in [-0.2, -0.15) is 0 Å². The summed E-state index contributed by atoms with van der Waals surface area (Å²) >= 11 is 0. The molecule has 1 heterocycles.